The zero-order chi connectivity index (χ0) is 30.5. The Morgan fingerprint density at radius 1 is 0.976 bits per heavy atom. The van der Waals surface area contributed by atoms with Crippen LogP contribution in [-0.2, 0) is 28.6 Å². The van der Waals surface area contributed by atoms with Crippen molar-refractivity contribution in [2.24, 2.45) is 16.8 Å². The second-order valence-electron chi connectivity index (χ2n) is 9.20. The Balaban J connectivity index is 2.57. The topological polar surface area (TPSA) is 219 Å². The number of nitrogens with two attached hydrogens (primary N) is 1. The number of nitrogens with one attached hydrogen (secondary N) is 4. The number of ether oxygens (including phenoxy) is 3. The minimum atomic E-state index is -0.939. The maximum absolute atomic E-state index is 13.1. The number of hydrogen-bond acceptors (Lipinski definition) is 8. The maximum Gasteiger partial charge on any atom is 0.312 e. The summed E-state index contributed by atoms with van der Waals surface area (Å²) in [5, 5.41) is 13.9. The molecule has 41 heavy (non-hydrogen) atoms. The van der Waals surface area contributed by atoms with Crippen molar-refractivity contribution < 1.29 is 33.4 Å². The van der Waals surface area contributed by atoms with Gasteiger partial charge in [0.2, 0.25) is 17.7 Å². The molecule has 0 heterocycles. The summed E-state index contributed by atoms with van der Waals surface area (Å²) in [7, 11) is 0. The van der Waals surface area contributed by atoms with Crippen molar-refractivity contribution in [1.29, 1.82) is 0 Å². The SMILES string of the molecule is [CH2]c1ccc(NC(=O)C(CCCNC(N)=O)NC(=O)C(NC(=O)COCCOCCOCCN=[N+]=[N-])C(C)C)cc1. The van der Waals surface area contributed by atoms with E-state index >= 15 is 0 Å². The largest absolute Gasteiger partial charge is 0.379 e. The van der Waals surface area contributed by atoms with Crippen LogP contribution in [0.15, 0.2) is 29.4 Å². The fraction of sp³-hybridized carbons (Fsp3) is 0.577. The first kappa shape index (κ1) is 35.1. The van der Waals surface area contributed by atoms with Crippen molar-refractivity contribution in [3.05, 3.63) is 47.2 Å². The number of primary amides is 1. The molecule has 0 saturated carbocycles. The third-order valence-corrected chi connectivity index (χ3v) is 5.46. The molecule has 0 aliphatic heterocycles. The number of hydrogen-bond donors (Lipinski definition) is 5. The van der Waals surface area contributed by atoms with Gasteiger partial charge in [-0.2, -0.15) is 0 Å². The lowest BCUT2D eigenvalue weighted by molar-refractivity contribution is -0.134. The van der Waals surface area contributed by atoms with E-state index in [-0.39, 0.29) is 45.2 Å². The molecular weight excluding hydrogens is 536 g/mol. The van der Waals surface area contributed by atoms with E-state index in [2.05, 4.69) is 38.2 Å². The molecule has 0 fully saturated rings. The number of azide groups is 1. The molecule has 15 heteroatoms. The van der Waals surface area contributed by atoms with Crippen LogP contribution in [0.1, 0.15) is 32.3 Å². The number of amides is 5. The van der Waals surface area contributed by atoms with Gasteiger partial charge in [0, 0.05) is 23.7 Å². The molecule has 0 saturated heterocycles. The summed E-state index contributed by atoms with van der Waals surface area (Å²) in [5.41, 5.74) is 14.6. The summed E-state index contributed by atoms with van der Waals surface area (Å²) in [6.45, 7) is 8.86. The zero-order valence-corrected chi connectivity index (χ0v) is 23.6. The van der Waals surface area contributed by atoms with Crippen molar-refractivity contribution in [3.8, 4) is 0 Å². The lowest BCUT2D eigenvalue weighted by Gasteiger charge is -2.25. The van der Waals surface area contributed by atoms with Gasteiger partial charge in [-0.15, -0.1) is 0 Å². The van der Waals surface area contributed by atoms with Gasteiger partial charge in [0.25, 0.3) is 0 Å². The van der Waals surface area contributed by atoms with E-state index in [0.29, 0.717) is 31.9 Å². The Morgan fingerprint density at radius 3 is 2.22 bits per heavy atom. The van der Waals surface area contributed by atoms with Crippen molar-refractivity contribution >= 4 is 29.4 Å². The van der Waals surface area contributed by atoms with Crippen LogP contribution in [-0.4, -0.2) is 88.6 Å². The number of anilines is 1. The third kappa shape index (κ3) is 16.7. The molecule has 1 radical (unpaired) electrons. The Kier molecular flexibility index (Phi) is 17.9. The molecule has 2 unspecified atom stereocenters. The normalized spacial score (nSPS) is 12.1. The highest BCUT2D eigenvalue weighted by Gasteiger charge is 2.28. The standard InChI is InChI=1S/C26H41N8O7/c1-18(2)23(33-22(35)17-41-16-15-40-14-13-39-12-11-30-34-28)25(37)32-21(5-4-10-29-26(27)38)24(36)31-20-8-6-19(3)7-9-20/h6-9,18,21,23H,3-5,10-17H2,1-2H3,(H,31,36)(H,32,37)(H,33,35)(H3,27,29,38). The molecule has 15 nitrogen and oxygen atoms in total. The van der Waals surface area contributed by atoms with E-state index < -0.39 is 35.8 Å². The van der Waals surface area contributed by atoms with E-state index in [0.717, 1.165) is 5.56 Å². The first-order chi connectivity index (χ1) is 19.6. The van der Waals surface area contributed by atoms with Crippen LogP contribution >= 0.6 is 0 Å². The lowest BCUT2D eigenvalue weighted by Crippen LogP contribution is -2.55. The minimum Gasteiger partial charge on any atom is -0.379 e. The summed E-state index contributed by atoms with van der Waals surface area (Å²) in [5.74, 6) is -1.77. The van der Waals surface area contributed by atoms with E-state index in [9.17, 15) is 19.2 Å². The van der Waals surface area contributed by atoms with Gasteiger partial charge < -0.3 is 41.2 Å². The minimum absolute atomic E-state index is 0.154. The highest BCUT2D eigenvalue weighted by molar-refractivity contribution is 5.98. The van der Waals surface area contributed by atoms with Crippen LogP contribution in [0, 0.1) is 12.8 Å². The quantitative estimate of drug-likeness (QED) is 0.0622. The summed E-state index contributed by atoms with van der Waals surface area (Å²) in [4.78, 5) is 52.2. The molecule has 5 amide bonds. The average molecular weight is 578 g/mol. The van der Waals surface area contributed by atoms with Crippen molar-refractivity contribution in [1.82, 2.24) is 16.0 Å². The molecule has 1 aromatic rings. The van der Waals surface area contributed by atoms with Gasteiger partial charge in [-0.1, -0.05) is 31.1 Å². The predicted molar refractivity (Wildman–Crippen MR) is 152 cm³/mol. The number of urea groups is 1. The summed E-state index contributed by atoms with van der Waals surface area (Å²) < 4.78 is 15.8. The summed E-state index contributed by atoms with van der Waals surface area (Å²) in [6.07, 6.45) is 0.585. The lowest BCUT2D eigenvalue weighted by atomic mass is 10.0. The molecule has 2 atom stereocenters. The van der Waals surface area contributed by atoms with Crippen LogP contribution in [0.5, 0.6) is 0 Å². The van der Waals surface area contributed by atoms with Gasteiger partial charge in [0.05, 0.1) is 33.0 Å². The van der Waals surface area contributed by atoms with E-state index in [1.165, 1.54) is 0 Å². The van der Waals surface area contributed by atoms with Crippen LogP contribution in [0.3, 0.4) is 0 Å². The van der Waals surface area contributed by atoms with Crippen molar-refractivity contribution in [2.75, 3.05) is 58.0 Å². The Hall–Kier alpha value is -3.91. The fourth-order valence-corrected chi connectivity index (χ4v) is 3.37. The smallest absolute Gasteiger partial charge is 0.312 e. The number of rotatable bonds is 21. The highest BCUT2D eigenvalue weighted by atomic mass is 16.5. The molecule has 0 aromatic heterocycles. The van der Waals surface area contributed by atoms with Gasteiger partial charge >= 0.3 is 6.03 Å². The van der Waals surface area contributed by atoms with Gasteiger partial charge in [0.1, 0.15) is 18.7 Å². The van der Waals surface area contributed by atoms with Crippen LogP contribution < -0.4 is 27.0 Å². The van der Waals surface area contributed by atoms with E-state index in [1.54, 1.807) is 38.1 Å². The third-order valence-electron chi connectivity index (χ3n) is 5.46. The zero-order valence-electron chi connectivity index (χ0n) is 23.6. The fourth-order valence-electron chi connectivity index (χ4n) is 3.37. The second-order valence-corrected chi connectivity index (χ2v) is 9.20. The first-order valence-corrected chi connectivity index (χ1v) is 13.2. The molecular formula is C26H41N8O7. The number of carbonyl (C=O) groups excluding carboxylic acids is 4. The van der Waals surface area contributed by atoms with Crippen molar-refractivity contribution in [3.63, 3.8) is 0 Å². The second kappa shape index (κ2) is 20.9. The van der Waals surface area contributed by atoms with E-state index in [1.807, 2.05) is 0 Å². The molecule has 1 aromatic carbocycles. The average Bonchev–Trinajstić information content (AvgIpc) is 2.92. The number of carbonyl (C=O) groups is 4. The molecule has 6 N–H and O–H groups in total. The highest BCUT2D eigenvalue weighted by Crippen LogP contribution is 2.11. The predicted octanol–water partition coefficient (Wildman–Crippen LogP) is 1.24. The van der Waals surface area contributed by atoms with Gasteiger partial charge in [0.15, 0.2) is 0 Å². The monoisotopic (exact) mass is 577 g/mol. The van der Waals surface area contributed by atoms with Crippen LogP contribution in [0.4, 0.5) is 10.5 Å². The Bertz CT molecular complexity index is 1000. The maximum atomic E-state index is 13.1. The van der Waals surface area contributed by atoms with Gasteiger partial charge in [-0.25, -0.2) is 4.79 Å². The molecule has 0 aliphatic carbocycles. The molecule has 0 spiro atoms. The Morgan fingerprint density at radius 2 is 1.61 bits per heavy atom. The van der Waals surface area contributed by atoms with E-state index in [4.69, 9.17) is 25.5 Å². The van der Waals surface area contributed by atoms with Crippen LogP contribution in [0.2, 0.25) is 0 Å². The van der Waals surface area contributed by atoms with Crippen LogP contribution in [0.25, 0.3) is 10.4 Å². The van der Waals surface area contributed by atoms with Gasteiger partial charge in [-0.3, -0.25) is 14.4 Å². The molecule has 227 valence electrons. The molecule has 1 rings (SSSR count). The molecule has 0 aliphatic rings. The number of benzene rings is 1. The number of nitrogens with zero attached hydrogens (tertiary/aromatic N) is 3. The Labute approximate surface area is 239 Å². The summed E-state index contributed by atoms with van der Waals surface area (Å²) >= 11 is 0. The van der Waals surface area contributed by atoms with Gasteiger partial charge in [-0.05, 0) is 48.9 Å². The van der Waals surface area contributed by atoms with Crippen molar-refractivity contribution in [2.45, 2.75) is 38.8 Å². The first-order valence-electron chi connectivity index (χ1n) is 13.2. The molecule has 0 bridgehead atoms. The summed E-state index contributed by atoms with van der Waals surface area (Å²) in [6, 6.07) is 4.32.